The van der Waals surface area contributed by atoms with E-state index < -0.39 is 10.0 Å². The van der Waals surface area contributed by atoms with Crippen molar-refractivity contribution in [1.29, 1.82) is 0 Å². The summed E-state index contributed by atoms with van der Waals surface area (Å²) in [7, 11) is -3.78. The summed E-state index contributed by atoms with van der Waals surface area (Å²) in [5, 5.41) is 18.7. The lowest BCUT2D eigenvalue weighted by Gasteiger charge is -1.98. The largest absolute Gasteiger partial charge is 0.382 e. The van der Waals surface area contributed by atoms with Crippen molar-refractivity contribution in [2.24, 2.45) is 15.4 Å². The number of H-pyrrole nitrogens is 1. The molecule has 0 amide bonds. The number of nitrogens with zero attached hydrogens (tertiary/aromatic N) is 3. The van der Waals surface area contributed by atoms with Gasteiger partial charge in [-0.15, -0.1) is 5.11 Å². The van der Waals surface area contributed by atoms with Gasteiger partial charge in [-0.2, -0.15) is 10.2 Å². The SMILES string of the molecule is Nc1n[nH]c(N)c1N=Nc1cccc(S(N)(=O)=O)c1. The van der Waals surface area contributed by atoms with Crippen LogP contribution in [0.1, 0.15) is 0 Å². The molecule has 7 N–H and O–H groups in total. The van der Waals surface area contributed by atoms with E-state index in [2.05, 4.69) is 20.4 Å². The topological polar surface area (TPSA) is 166 Å². The van der Waals surface area contributed by atoms with E-state index in [1.807, 2.05) is 0 Å². The van der Waals surface area contributed by atoms with E-state index in [0.29, 0.717) is 5.69 Å². The molecule has 0 atom stereocenters. The molecule has 0 saturated carbocycles. The van der Waals surface area contributed by atoms with Crippen LogP contribution in [0.25, 0.3) is 0 Å². The average Bonchev–Trinajstić information content (AvgIpc) is 2.66. The average molecular weight is 281 g/mol. The van der Waals surface area contributed by atoms with Gasteiger partial charge in [-0.05, 0) is 18.2 Å². The molecular formula is C9H11N7O2S. The lowest BCUT2D eigenvalue weighted by Crippen LogP contribution is -2.11. The van der Waals surface area contributed by atoms with Crippen LogP contribution < -0.4 is 16.6 Å². The first-order valence-corrected chi connectivity index (χ1v) is 6.56. The second kappa shape index (κ2) is 4.66. The minimum absolute atomic E-state index is 0.0583. The number of anilines is 2. The number of aromatic nitrogens is 2. The number of hydrogen-bond donors (Lipinski definition) is 4. The highest BCUT2D eigenvalue weighted by Crippen LogP contribution is 2.28. The van der Waals surface area contributed by atoms with Gasteiger partial charge >= 0.3 is 0 Å². The molecule has 0 aliphatic heterocycles. The molecule has 0 aliphatic carbocycles. The smallest absolute Gasteiger partial charge is 0.238 e. The van der Waals surface area contributed by atoms with Gasteiger partial charge in [0.05, 0.1) is 10.6 Å². The zero-order valence-electron chi connectivity index (χ0n) is 9.61. The first-order valence-electron chi connectivity index (χ1n) is 5.02. The molecule has 0 aliphatic rings. The summed E-state index contributed by atoms with van der Waals surface area (Å²) in [6.45, 7) is 0. The molecule has 0 saturated heterocycles. The molecule has 10 heteroatoms. The van der Waals surface area contributed by atoms with Gasteiger partial charge in [0.2, 0.25) is 10.0 Å². The van der Waals surface area contributed by atoms with E-state index >= 15 is 0 Å². The molecule has 2 rings (SSSR count). The number of azo groups is 1. The first-order chi connectivity index (χ1) is 8.88. The highest BCUT2D eigenvalue weighted by molar-refractivity contribution is 7.89. The van der Waals surface area contributed by atoms with Gasteiger partial charge in [-0.1, -0.05) is 6.07 Å². The maximum Gasteiger partial charge on any atom is 0.238 e. The maximum atomic E-state index is 11.2. The fraction of sp³-hybridized carbons (Fsp3) is 0. The van der Waals surface area contributed by atoms with E-state index in [1.54, 1.807) is 6.07 Å². The van der Waals surface area contributed by atoms with Crippen LogP contribution in [0.3, 0.4) is 0 Å². The second-order valence-corrected chi connectivity index (χ2v) is 5.17. The molecule has 0 radical (unpaired) electrons. The number of aromatic amines is 1. The van der Waals surface area contributed by atoms with Crippen molar-refractivity contribution in [3.63, 3.8) is 0 Å². The second-order valence-electron chi connectivity index (χ2n) is 3.61. The third-order valence-corrected chi connectivity index (χ3v) is 3.12. The number of benzene rings is 1. The quantitative estimate of drug-likeness (QED) is 0.605. The number of sulfonamides is 1. The van der Waals surface area contributed by atoms with Gasteiger partial charge in [-0.3, -0.25) is 5.10 Å². The Labute approximate surface area is 108 Å². The summed E-state index contributed by atoms with van der Waals surface area (Å²) in [6.07, 6.45) is 0. The highest BCUT2D eigenvalue weighted by atomic mass is 32.2. The summed E-state index contributed by atoms with van der Waals surface area (Å²) >= 11 is 0. The molecule has 9 nitrogen and oxygen atoms in total. The predicted octanol–water partition coefficient (Wildman–Crippen LogP) is 0.637. The van der Waals surface area contributed by atoms with E-state index in [0.717, 1.165) is 0 Å². The van der Waals surface area contributed by atoms with Gasteiger partial charge < -0.3 is 11.5 Å². The Morgan fingerprint density at radius 2 is 1.95 bits per heavy atom. The molecule has 19 heavy (non-hydrogen) atoms. The van der Waals surface area contributed by atoms with Crippen LogP contribution in [-0.2, 0) is 10.0 Å². The third kappa shape index (κ3) is 2.86. The Hall–Kier alpha value is -2.46. The van der Waals surface area contributed by atoms with Crippen molar-refractivity contribution in [1.82, 2.24) is 10.2 Å². The van der Waals surface area contributed by atoms with Crippen molar-refractivity contribution < 1.29 is 8.42 Å². The molecule has 0 unspecified atom stereocenters. The molecule has 0 fully saturated rings. The van der Waals surface area contributed by atoms with Crippen molar-refractivity contribution in [3.8, 4) is 0 Å². The van der Waals surface area contributed by atoms with Gasteiger partial charge in [0.15, 0.2) is 11.5 Å². The normalized spacial score (nSPS) is 12.1. The lowest BCUT2D eigenvalue weighted by atomic mass is 10.3. The van der Waals surface area contributed by atoms with Gasteiger partial charge in [-0.25, -0.2) is 13.6 Å². The Morgan fingerprint density at radius 3 is 2.53 bits per heavy atom. The maximum absolute atomic E-state index is 11.2. The minimum Gasteiger partial charge on any atom is -0.382 e. The van der Waals surface area contributed by atoms with Crippen LogP contribution in [0.4, 0.5) is 23.0 Å². The minimum atomic E-state index is -3.78. The van der Waals surface area contributed by atoms with Gasteiger partial charge in [0.25, 0.3) is 0 Å². The van der Waals surface area contributed by atoms with Crippen LogP contribution in [-0.4, -0.2) is 18.6 Å². The van der Waals surface area contributed by atoms with Crippen molar-refractivity contribution in [3.05, 3.63) is 24.3 Å². The number of nitrogens with two attached hydrogens (primary N) is 3. The van der Waals surface area contributed by atoms with Crippen LogP contribution in [0.5, 0.6) is 0 Å². The summed E-state index contributed by atoms with van der Waals surface area (Å²) in [4.78, 5) is -0.0583. The summed E-state index contributed by atoms with van der Waals surface area (Å²) in [5.74, 6) is 0.271. The van der Waals surface area contributed by atoms with Crippen LogP contribution in [0, 0.1) is 0 Å². The zero-order chi connectivity index (χ0) is 14.0. The van der Waals surface area contributed by atoms with Crippen LogP contribution in [0.2, 0.25) is 0 Å². The van der Waals surface area contributed by atoms with E-state index in [9.17, 15) is 8.42 Å². The van der Waals surface area contributed by atoms with E-state index in [1.165, 1.54) is 18.2 Å². The first kappa shape index (κ1) is 13.0. The van der Waals surface area contributed by atoms with Crippen molar-refractivity contribution in [2.75, 3.05) is 11.5 Å². The molecule has 1 aromatic heterocycles. The Morgan fingerprint density at radius 1 is 1.21 bits per heavy atom. The Bertz CT molecular complexity index is 715. The number of nitrogens with one attached hydrogen (secondary N) is 1. The van der Waals surface area contributed by atoms with E-state index in [4.69, 9.17) is 16.6 Å². The summed E-state index contributed by atoms with van der Waals surface area (Å²) in [5.41, 5.74) is 11.5. The standard InChI is InChI=1S/C9H11N7O2S/c10-8-7(9(11)16-15-8)14-13-5-2-1-3-6(4-5)19(12,17)18/h1-4H,(H2,12,17,18)(H5,10,11,15,16). The molecule has 100 valence electrons. The van der Waals surface area contributed by atoms with Gasteiger partial charge in [0.1, 0.15) is 5.82 Å². The highest BCUT2D eigenvalue weighted by Gasteiger charge is 2.09. The Kier molecular flexibility index (Phi) is 3.19. The summed E-state index contributed by atoms with van der Waals surface area (Å²) in [6, 6.07) is 5.70. The molecular weight excluding hydrogens is 270 g/mol. The zero-order valence-corrected chi connectivity index (χ0v) is 10.4. The van der Waals surface area contributed by atoms with Crippen LogP contribution in [0.15, 0.2) is 39.4 Å². The lowest BCUT2D eigenvalue weighted by molar-refractivity contribution is 0.598. The monoisotopic (exact) mass is 281 g/mol. The molecule has 1 aromatic carbocycles. The molecule has 2 aromatic rings. The van der Waals surface area contributed by atoms with E-state index in [-0.39, 0.29) is 22.2 Å². The van der Waals surface area contributed by atoms with Crippen molar-refractivity contribution in [2.45, 2.75) is 4.90 Å². The van der Waals surface area contributed by atoms with Gasteiger partial charge in [0, 0.05) is 0 Å². The third-order valence-electron chi connectivity index (χ3n) is 2.21. The van der Waals surface area contributed by atoms with Crippen molar-refractivity contribution >= 4 is 33.0 Å². The van der Waals surface area contributed by atoms with Crippen LogP contribution >= 0.6 is 0 Å². The summed E-state index contributed by atoms with van der Waals surface area (Å²) < 4.78 is 22.4. The molecule has 0 bridgehead atoms. The number of nitrogen functional groups attached to an aromatic ring is 2. The Balaban J connectivity index is 2.35. The molecule has 1 heterocycles. The number of rotatable bonds is 3. The predicted molar refractivity (Wildman–Crippen MR) is 69.4 cm³/mol. The number of hydrogen-bond acceptors (Lipinski definition) is 7. The number of primary sulfonamides is 1. The molecule has 0 spiro atoms. The fourth-order valence-corrected chi connectivity index (χ4v) is 1.85. The fourth-order valence-electron chi connectivity index (χ4n) is 1.30.